The topological polar surface area (TPSA) is 145 Å². The Labute approximate surface area is 589 Å². The Balaban J connectivity index is 0.000000228. The maximum absolute atomic E-state index is 13.7. The molecule has 12 nitrogen and oxygen atoms in total. The maximum Gasteiger partial charge on any atom is 1.00 e. The molecule has 0 atom stereocenters. The number of fused-ring (bicyclic) bond motifs is 4. The molecule has 1 N–H and O–H groups in total. The van der Waals surface area contributed by atoms with Gasteiger partial charge in [0.1, 0.15) is 39.6 Å². The molecule has 0 radical (unpaired) electrons. The molecule has 101 heavy (non-hydrogen) atoms. The quantitative estimate of drug-likeness (QED) is 0.0272. The fourth-order valence-corrected chi connectivity index (χ4v) is 11.3. The smallest absolute Gasteiger partial charge is 1.00 e. The number of ether oxygens (including phenoxy) is 6. The molecule has 14 aromatic rings. The van der Waals surface area contributed by atoms with Gasteiger partial charge in [-0.05, 0) is 118 Å². The second-order valence-electron chi connectivity index (χ2n) is 23.1. The van der Waals surface area contributed by atoms with Gasteiger partial charge < -0.3 is 38.2 Å². The van der Waals surface area contributed by atoms with Crippen molar-refractivity contribution in [1.29, 1.82) is 0 Å². The molecule has 0 fully saturated rings. The predicted molar refractivity (Wildman–Crippen MR) is 404 cm³/mol. The number of halogens is 1. The van der Waals surface area contributed by atoms with Crippen LogP contribution in [0.1, 0.15) is 76.7 Å². The van der Waals surface area contributed by atoms with Gasteiger partial charge in [0, 0.05) is 22.6 Å². The maximum atomic E-state index is 13.7. The van der Waals surface area contributed by atoms with E-state index in [2.05, 4.69) is 69.3 Å². The highest BCUT2D eigenvalue weighted by atomic mass is 19.0. The molecular formula is C88H76FN4O8-. The lowest BCUT2D eigenvalue weighted by Gasteiger charge is -2.20. The number of hydrogen-bond donors (Lipinski definition) is 1. The molecule has 0 spiro atoms. The molecule has 1 amide bonds. The molecule has 0 aliphatic rings. The summed E-state index contributed by atoms with van der Waals surface area (Å²) in [6, 6.07) is 103. The summed E-state index contributed by atoms with van der Waals surface area (Å²) in [5, 5.41) is 35.0. The number of benzene rings is 14. The first-order valence-electron chi connectivity index (χ1n) is 32.2. The molecule has 0 saturated carbocycles. The van der Waals surface area contributed by atoms with Crippen molar-refractivity contribution in [2.75, 3.05) is 0 Å². The van der Waals surface area contributed by atoms with Crippen molar-refractivity contribution in [2.24, 2.45) is 15.3 Å². The molecule has 14 aromatic carbocycles. The van der Waals surface area contributed by atoms with E-state index >= 15 is 0 Å². The van der Waals surface area contributed by atoms with Crippen LogP contribution in [0, 0.1) is 0 Å². The van der Waals surface area contributed by atoms with Gasteiger partial charge in [0.05, 0.1) is 12.4 Å². The number of nitrogens with one attached hydrogen (secondary N) is 1. The zero-order chi connectivity index (χ0) is 66.5. The van der Waals surface area contributed by atoms with Gasteiger partial charge in [-0.15, -0.1) is 0 Å². The minimum absolute atomic E-state index is 0. The van der Waals surface area contributed by atoms with Crippen LogP contribution in [0.4, 0.5) is 0 Å². The number of rotatable bonds is 24. The van der Waals surface area contributed by atoms with Gasteiger partial charge in [-0.25, -0.2) is 5.43 Å². The normalized spacial score (nSPS) is 11.0. The van der Waals surface area contributed by atoms with Crippen LogP contribution in [-0.2, 0) is 39.6 Å². The number of nitrogens with zero attached hydrogens (tertiary/aromatic N) is 3. The number of hydrazone groups is 1. The van der Waals surface area contributed by atoms with Gasteiger partial charge in [-0.1, -0.05) is 294 Å². The fraction of sp³-hybridized carbons (Fsp3) is 0.0909. The molecule has 0 bridgehead atoms. The Morgan fingerprint density at radius 1 is 0.337 bits per heavy atom. The van der Waals surface area contributed by atoms with Crippen LogP contribution in [0.5, 0.6) is 34.5 Å². The number of amides is 1. The summed E-state index contributed by atoms with van der Waals surface area (Å²) in [6.45, 7) is 1.66. The van der Waals surface area contributed by atoms with Crippen LogP contribution in [0.2, 0.25) is 0 Å². The van der Waals surface area contributed by atoms with Crippen molar-refractivity contribution in [3.05, 3.63) is 371 Å². The van der Waals surface area contributed by atoms with Crippen molar-refractivity contribution in [2.45, 2.75) is 54.5 Å². The molecule has 0 heterocycles. The lowest BCUT2D eigenvalue weighted by molar-refractivity contribution is -0.213. The first-order chi connectivity index (χ1) is 48.4. The average molecular weight is 1340 g/mol. The second kappa shape index (κ2) is 35.4. The summed E-state index contributed by atoms with van der Waals surface area (Å²) in [5.74, 6) is 1.38. The van der Waals surface area contributed by atoms with Crippen molar-refractivity contribution in [3.8, 4) is 34.5 Å². The van der Waals surface area contributed by atoms with E-state index in [-0.39, 0.29) is 59.6 Å². The van der Waals surface area contributed by atoms with E-state index in [0.29, 0.717) is 46.7 Å². The first kappa shape index (κ1) is 70.9. The van der Waals surface area contributed by atoms with E-state index in [0.717, 1.165) is 87.6 Å². The third-order valence-corrected chi connectivity index (χ3v) is 16.3. The lowest BCUT2D eigenvalue weighted by atomic mass is 9.97. The first-order valence-corrected chi connectivity index (χ1v) is 32.2. The predicted octanol–water partition coefficient (Wildman–Crippen LogP) is 16.8. The third-order valence-electron chi connectivity index (χ3n) is 16.3. The Morgan fingerprint density at radius 3 is 0.901 bits per heavy atom. The highest BCUT2D eigenvalue weighted by Gasteiger charge is 2.22. The van der Waals surface area contributed by atoms with Crippen molar-refractivity contribution in [3.63, 3.8) is 0 Å². The molecule has 0 aliphatic carbocycles. The Kier molecular flexibility index (Phi) is 24.9. The summed E-state index contributed by atoms with van der Waals surface area (Å²) in [5.41, 5.74) is 11.0. The zero-order valence-electron chi connectivity index (χ0n) is 54.9. The van der Waals surface area contributed by atoms with Gasteiger partial charge in [-0.2, -0.15) is 15.3 Å². The van der Waals surface area contributed by atoms with E-state index < -0.39 is 11.8 Å². The molecule has 0 aliphatic heterocycles. The standard InChI is InChI=1S/2C43H34N2O4.2CH4.FH/c2*46-43(45-44-27-39-37-22-12-10-20-34(37)24-35-21-11-13-23-38(35)39)36-25-40(47-28-31-14-4-1-5-15-31)42(49-30-33-18-8-3-9-19-33)41(26-36)48-29-32-16-6-2-7-17-32;;;/h2*1-27H,28-30H2,(H,45,46);2*1H4;1H/p-1/b2*44-27+;;;. The van der Waals surface area contributed by atoms with Gasteiger partial charge in [0.15, 0.2) is 23.0 Å². The minimum atomic E-state index is -0.537. The number of hydrogen-bond acceptors (Lipinski definition) is 11. The van der Waals surface area contributed by atoms with Gasteiger partial charge in [-0.3, -0.25) is 4.79 Å². The van der Waals surface area contributed by atoms with E-state index in [4.69, 9.17) is 28.4 Å². The molecule has 14 rings (SSSR count). The number of carbonyl (C=O) groups excluding carboxylic acids is 1. The lowest BCUT2D eigenvalue weighted by Crippen LogP contribution is -3.00. The van der Waals surface area contributed by atoms with Crippen LogP contribution in [-0.4, -0.2) is 24.2 Å². The molecular weight excluding hydrogens is 1260 g/mol. The van der Waals surface area contributed by atoms with Crippen LogP contribution >= 0.6 is 0 Å². The molecule has 13 heteroatoms. The number of carbonyl (C=O) groups is 1. The SMILES string of the molecule is C.C.O=C(N/N=C/c1c2ccccc2cc2ccccc12)c1cc(OCc2ccccc2)c(OCc2ccccc2)c(OCc2ccccc2)c1.[F-].[H+].[O-]C(=N/N=C/c1c2ccccc2cc2ccccc12)c1cc(OCc2ccccc2)c(OCc2ccccc2)c(OCc2ccccc2)c1. The van der Waals surface area contributed by atoms with E-state index in [1.807, 2.05) is 243 Å². The molecule has 0 saturated heterocycles. The average Bonchev–Trinajstić information content (AvgIpc) is 0.788. The van der Waals surface area contributed by atoms with Crippen molar-refractivity contribution >= 4 is 67.3 Å². The largest absolute Gasteiger partial charge is 1.00 e. The highest BCUT2D eigenvalue weighted by molar-refractivity contribution is 6.14. The second-order valence-corrected chi connectivity index (χ2v) is 23.1. The Bertz CT molecular complexity index is 4880. The van der Waals surface area contributed by atoms with Gasteiger partial charge >= 0.3 is 1.43 Å². The summed E-state index contributed by atoms with van der Waals surface area (Å²) < 4.78 is 38.1. The summed E-state index contributed by atoms with van der Waals surface area (Å²) in [4.78, 5) is 13.7. The van der Waals surface area contributed by atoms with E-state index in [9.17, 15) is 9.90 Å². The molecule has 0 unspecified atom stereocenters. The molecule has 0 aromatic heterocycles. The van der Waals surface area contributed by atoms with Crippen LogP contribution in [0.15, 0.2) is 331 Å². The monoisotopic (exact) mass is 1340 g/mol. The Morgan fingerprint density at radius 2 is 0.594 bits per heavy atom. The van der Waals surface area contributed by atoms with Crippen molar-refractivity contribution < 1.29 is 44.5 Å². The fourth-order valence-electron chi connectivity index (χ4n) is 11.3. The highest BCUT2D eigenvalue weighted by Crippen LogP contribution is 2.42. The van der Waals surface area contributed by atoms with Crippen LogP contribution in [0.3, 0.4) is 0 Å². The zero-order valence-corrected chi connectivity index (χ0v) is 53.9. The summed E-state index contributed by atoms with van der Waals surface area (Å²) >= 11 is 0. The van der Waals surface area contributed by atoms with Gasteiger partial charge in [0.2, 0.25) is 11.5 Å². The Hall–Kier alpha value is -12.9. The van der Waals surface area contributed by atoms with E-state index in [1.54, 1.807) is 36.7 Å². The summed E-state index contributed by atoms with van der Waals surface area (Å²) in [7, 11) is 0. The minimum Gasteiger partial charge on any atom is -1.00 e. The van der Waals surface area contributed by atoms with Crippen LogP contribution < -0.4 is 43.7 Å². The third kappa shape index (κ3) is 18.4. The van der Waals surface area contributed by atoms with Gasteiger partial charge in [0.25, 0.3) is 5.91 Å². The van der Waals surface area contributed by atoms with Crippen molar-refractivity contribution in [1.82, 2.24) is 5.43 Å². The van der Waals surface area contributed by atoms with Crippen LogP contribution in [0.25, 0.3) is 43.1 Å². The van der Waals surface area contributed by atoms with E-state index in [1.165, 1.54) is 0 Å². The molecule has 504 valence electrons. The summed E-state index contributed by atoms with van der Waals surface area (Å²) in [6.07, 6.45) is 3.36.